The molecule has 1 aromatic heterocycles. The van der Waals surface area contributed by atoms with E-state index in [1.807, 2.05) is 0 Å². The number of aryl methyl sites for hydroxylation is 1. The number of ether oxygens (including phenoxy) is 1. The van der Waals surface area contributed by atoms with E-state index in [0.29, 0.717) is 21.4 Å². The van der Waals surface area contributed by atoms with E-state index in [0.717, 1.165) is 0 Å². The SMILES string of the molecule is Cn1nccc1/N=C(Cl)\C=C\N(Cc1ccc(Cl)cc1Cl)C(=O)OC(C)(C)C. The second kappa shape index (κ2) is 9.45. The van der Waals surface area contributed by atoms with Crippen LogP contribution in [-0.2, 0) is 18.3 Å². The van der Waals surface area contributed by atoms with Crippen molar-refractivity contribution in [2.75, 3.05) is 0 Å². The zero-order chi connectivity index (χ0) is 20.9. The van der Waals surface area contributed by atoms with Gasteiger partial charge < -0.3 is 4.74 Å². The summed E-state index contributed by atoms with van der Waals surface area (Å²) in [5.74, 6) is 0.583. The summed E-state index contributed by atoms with van der Waals surface area (Å²) in [6, 6.07) is 6.79. The fourth-order valence-electron chi connectivity index (χ4n) is 2.11. The lowest BCUT2D eigenvalue weighted by molar-refractivity contribution is 0.0323. The van der Waals surface area contributed by atoms with Crippen molar-refractivity contribution in [3.8, 4) is 0 Å². The molecule has 0 aliphatic carbocycles. The Balaban J connectivity index is 2.25. The fourth-order valence-corrected chi connectivity index (χ4v) is 2.72. The number of benzene rings is 1. The lowest BCUT2D eigenvalue weighted by atomic mass is 10.2. The third-order valence-electron chi connectivity index (χ3n) is 3.39. The average Bonchev–Trinajstić information content (AvgIpc) is 2.96. The van der Waals surface area contributed by atoms with Gasteiger partial charge in [-0.3, -0.25) is 9.58 Å². The summed E-state index contributed by atoms with van der Waals surface area (Å²) >= 11 is 18.4. The summed E-state index contributed by atoms with van der Waals surface area (Å²) < 4.78 is 7.04. The molecule has 0 fully saturated rings. The standard InChI is InChI=1S/C19H21Cl3N4O2/c1-19(2,3)28-18(27)26(12-13-5-6-14(20)11-15(13)21)10-8-16(22)24-17-7-9-23-25(17)4/h5-11H,12H2,1-4H3/b10-8+,24-16+. The van der Waals surface area contributed by atoms with E-state index in [-0.39, 0.29) is 11.7 Å². The number of amides is 1. The van der Waals surface area contributed by atoms with Crippen LogP contribution in [0.5, 0.6) is 0 Å². The molecule has 0 spiro atoms. The summed E-state index contributed by atoms with van der Waals surface area (Å²) in [7, 11) is 1.75. The van der Waals surface area contributed by atoms with Crippen molar-refractivity contribution in [3.05, 3.63) is 58.3 Å². The van der Waals surface area contributed by atoms with Gasteiger partial charge in [0.1, 0.15) is 10.8 Å². The quantitative estimate of drug-likeness (QED) is 0.537. The predicted octanol–water partition coefficient (Wildman–Crippen LogP) is 5.95. The Hall–Kier alpha value is -2.02. The van der Waals surface area contributed by atoms with Gasteiger partial charge in [0.25, 0.3) is 0 Å². The van der Waals surface area contributed by atoms with Crippen LogP contribution >= 0.6 is 34.8 Å². The number of carbonyl (C=O) groups is 1. The summed E-state index contributed by atoms with van der Waals surface area (Å²) in [4.78, 5) is 18.2. The van der Waals surface area contributed by atoms with E-state index in [9.17, 15) is 4.79 Å². The van der Waals surface area contributed by atoms with Crippen LogP contribution in [0.3, 0.4) is 0 Å². The maximum Gasteiger partial charge on any atom is 0.414 e. The molecule has 1 heterocycles. The summed E-state index contributed by atoms with van der Waals surface area (Å²) in [5.41, 5.74) is 0.0563. The zero-order valence-electron chi connectivity index (χ0n) is 16.0. The third kappa shape index (κ3) is 6.86. The van der Waals surface area contributed by atoms with Gasteiger partial charge in [-0.1, -0.05) is 40.9 Å². The van der Waals surface area contributed by atoms with Gasteiger partial charge in [0.15, 0.2) is 5.82 Å². The molecule has 0 N–H and O–H groups in total. The van der Waals surface area contributed by atoms with Crippen molar-refractivity contribution in [2.45, 2.75) is 32.9 Å². The number of hydrogen-bond acceptors (Lipinski definition) is 4. The van der Waals surface area contributed by atoms with Gasteiger partial charge in [-0.05, 0) is 44.5 Å². The number of nitrogens with zero attached hydrogens (tertiary/aromatic N) is 4. The highest BCUT2D eigenvalue weighted by Crippen LogP contribution is 2.23. The zero-order valence-corrected chi connectivity index (χ0v) is 18.3. The molecule has 0 saturated carbocycles. The third-order valence-corrected chi connectivity index (χ3v) is 4.19. The molecule has 2 aromatic rings. The maximum absolute atomic E-state index is 12.6. The molecule has 6 nitrogen and oxygen atoms in total. The van der Waals surface area contributed by atoms with E-state index in [1.54, 1.807) is 63.0 Å². The molecule has 2 rings (SSSR count). The number of halogens is 3. The van der Waals surface area contributed by atoms with Crippen molar-refractivity contribution < 1.29 is 9.53 Å². The van der Waals surface area contributed by atoms with Crippen molar-refractivity contribution in [3.63, 3.8) is 0 Å². The first-order valence-corrected chi connectivity index (χ1v) is 9.52. The molecule has 9 heteroatoms. The lowest BCUT2D eigenvalue weighted by Crippen LogP contribution is -2.33. The molecule has 0 atom stereocenters. The second-order valence-electron chi connectivity index (χ2n) is 6.91. The van der Waals surface area contributed by atoms with Gasteiger partial charge >= 0.3 is 6.09 Å². The Morgan fingerprint density at radius 3 is 2.61 bits per heavy atom. The van der Waals surface area contributed by atoms with Gasteiger partial charge in [-0.2, -0.15) is 5.10 Å². The highest BCUT2D eigenvalue weighted by atomic mass is 35.5. The van der Waals surface area contributed by atoms with Crippen LogP contribution in [0.25, 0.3) is 0 Å². The number of aliphatic imine (C=N–C) groups is 1. The van der Waals surface area contributed by atoms with Gasteiger partial charge in [0.2, 0.25) is 0 Å². The Kier molecular flexibility index (Phi) is 7.52. The molecule has 150 valence electrons. The van der Waals surface area contributed by atoms with Crippen LogP contribution in [0.2, 0.25) is 10.0 Å². The highest BCUT2D eigenvalue weighted by Gasteiger charge is 2.21. The van der Waals surface area contributed by atoms with E-state index in [4.69, 9.17) is 39.5 Å². The van der Waals surface area contributed by atoms with Crippen LogP contribution < -0.4 is 0 Å². The topological polar surface area (TPSA) is 59.7 Å². The van der Waals surface area contributed by atoms with Crippen LogP contribution in [0.4, 0.5) is 10.6 Å². The predicted molar refractivity (Wildman–Crippen MR) is 114 cm³/mol. The van der Waals surface area contributed by atoms with Crippen LogP contribution in [0.1, 0.15) is 26.3 Å². The second-order valence-corrected chi connectivity index (χ2v) is 8.14. The molecular weight excluding hydrogens is 423 g/mol. The van der Waals surface area contributed by atoms with Gasteiger partial charge in [0, 0.05) is 29.4 Å². The summed E-state index contributed by atoms with van der Waals surface area (Å²) in [6.07, 6.45) is 4.07. The molecule has 0 radical (unpaired) electrons. The molecule has 0 aliphatic heterocycles. The molecule has 28 heavy (non-hydrogen) atoms. The first kappa shape index (κ1) is 22.3. The fraction of sp³-hybridized carbons (Fsp3) is 0.316. The van der Waals surface area contributed by atoms with Crippen LogP contribution in [-0.4, -0.2) is 31.5 Å². The van der Waals surface area contributed by atoms with Crippen LogP contribution in [0, 0.1) is 0 Å². The average molecular weight is 444 g/mol. The van der Waals surface area contributed by atoms with E-state index in [2.05, 4.69) is 10.1 Å². The molecule has 0 bridgehead atoms. The van der Waals surface area contributed by atoms with Gasteiger partial charge in [-0.25, -0.2) is 9.79 Å². The monoisotopic (exact) mass is 442 g/mol. The maximum atomic E-state index is 12.6. The first-order chi connectivity index (χ1) is 13.0. The van der Waals surface area contributed by atoms with E-state index >= 15 is 0 Å². The molecule has 0 saturated heterocycles. The van der Waals surface area contributed by atoms with Crippen molar-refractivity contribution in [1.82, 2.24) is 14.7 Å². The van der Waals surface area contributed by atoms with Crippen LogP contribution in [0.15, 0.2) is 47.7 Å². The smallest absolute Gasteiger partial charge is 0.414 e. The first-order valence-electron chi connectivity index (χ1n) is 8.39. The minimum Gasteiger partial charge on any atom is -0.443 e. The Morgan fingerprint density at radius 1 is 1.32 bits per heavy atom. The molecular formula is C19H21Cl3N4O2. The molecule has 1 aromatic carbocycles. The minimum absolute atomic E-state index is 0.178. The van der Waals surface area contributed by atoms with Crippen molar-refractivity contribution in [2.24, 2.45) is 12.0 Å². The Labute approximate surface area is 179 Å². The highest BCUT2D eigenvalue weighted by molar-refractivity contribution is 6.68. The molecule has 0 aliphatic rings. The van der Waals surface area contributed by atoms with Crippen molar-refractivity contribution >= 4 is 51.9 Å². The number of carbonyl (C=O) groups excluding carboxylic acids is 1. The van der Waals surface area contributed by atoms with Crippen molar-refractivity contribution in [1.29, 1.82) is 0 Å². The number of aromatic nitrogens is 2. The van der Waals surface area contributed by atoms with E-state index < -0.39 is 11.7 Å². The van der Waals surface area contributed by atoms with Gasteiger partial charge in [0.05, 0.1) is 12.7 Å². The molecule has 0 unspecified atom stereocenters. The summed E-state index contributed by atoms with van der Waals surface area (Å²) in [6.45, 7) is 5.55. The van der Waals surface area contributed by atoms with Gasteiger partial charge in [-0.15, -0.1) is 0 Å². The minimum atomic E-state index is -0.653. The van der Waals surface area contributed by atoms with E-state index in [1.165, 1.54) is 17.2 Å². The Morgan fingerprint density at radius 2 is 2.04 bits per heavy atom. The number of rotatable bonds is 5. The Bertz CT molecular complexity index is 901. The largest absolute Gasteiger partial charge is 0.443 e. The number of hydrogen-bond donors (Lipinski definition) is 0. The normalized spacial score (nSPS) is 12.5. The lowest BCUT2D eigenvalue weighted by Gasteiger charge is -2.25. The molecule has 1 amide bonds. The number of allylic oxidation sites excluding steroid dienone is 1. The summed E-state index contributed by atoms with van der Waals surface area (Å²) in [5, 5.41) is 5.16.